The summed E-state index contributed by atoms with van der Waals surface area (Å²) in [5.41, 5.74) is 1.62. The molecule has 1 amide bonds. The second kappa shape index (κ2) is 9.78. The average molecular weight is 456 g/mol. The summed E-state index contributed by atoms with van der Waals surface area (Å²) in [7, 11) is 3.20. The molecular formula is C23H25FN4O5. The maximum absolute atomic E-state index is 14.3. The van der Waals surface area contributed by atoms with Crippen LogP contribution in [0.4, 0.5) is 10.1 Å². The largest absolute Gasteiger partial charge is 0.508 e. The molecule has 9 nitrogen and oxygen atoms in total. The highest BCUT2D eigenvalue weighted by Crippen LogP contribution is 2.32. The summed E-state index contributed by atoms with van der Waals surface area (Å²) >= 11 is 0. The number of rotatable bonds is 9. The van der Waals surface area contributed by atoms with Gasteiger partial charge in [0.2, 0.25) is 11.7 Å². The topological polar surface area (TPSA) is 120 Å². The number of phenolic OH excluding ortho intramolecular Hbond substituents is 1. The zero-order chi connectivity index (χ0) is 24.3. The van der Waals surface area contributed by atoms with Crippen LogP contribution < -0.4 is 0 Å². The van der Waals surface area contributed by atoms with E-state index in [0.29, 0.717) is 22.9 Å². The molecule has 174 valence electrons. The van der Waals surface area contributed by atoms with E-state index in [-0.39, 0.29) is 36.6 Å². The molecule has 0 aliphatic heterocycles. The molecule has 0 bridgehead atoms. The Morgan fingerprint density at radius 3 is 2.67 bits per heavy atom. The van der Waals surface area contributed by atoms with Crippen molar-refractivity contribution in [2.24, 2.45) is 0 Å². The third-order valence-electron chi connectivity index (χ3n) is 5.69. The molecular weight excluding hydrogens is 431 g/mol. The number of aromatic nitrogens is 1. The van der Waals surface area contributed by atoms with Crippen LogP contribution in [0.1, 0.15) is 16.7 Å². The van der Waals surface area contributed by atoms with Crippen LogP contribution in [0.2, 0.25) is 0 Å². The molecule has 0 saturated heterocycles. The zero-order valence-corrected chi connectivity index (χ0v) is 18.5. The van der Waals surface area contributed by atoms with E-state index < -0.39 is 22.5 Å². The number of nitrogens with one attached hydrogen (secondary N) is 1. The maximum Gasteiger partial charge on any atom is 0.314 e. The highest BCUT2D eigenvalue weighted by molar-refractivity contribution is 5.93. The minimum atomic E-state index is -0.960. The summed E-state index contributed by atoms with van der Waals surface area (Å²) in [5.74, 6) is -1.20. The fourth-order valence-electron chi connectivity index (χ4n) is 3.84. The summed E-state index contributed by atoms with van der Waals surface area (Å²) in [4.78, 5) is 40.8. The Kier molecular flexibility index (Phi) is 7.07. The van der Waals surface area contributed by atoms with Crippen molar-refractivity contribution < 1.29 is 24.0 Å². The normalized spacial score (nSPS) is 12.2. The predicted molar refractivity (Wildman–Crippen MR) is 120 cm³/mol. The number of carbonyl (C=O) groups excluding carboxylic acids is 2. The number of nitro benzene ring substituents is 1. The molecule has 1 aromatic heterocycles. The molecule has 1 atom stereocenters. The maximum atomic E-state index is 14.3. The van der Waals surface area contributed by atoms with Gasteiger partial charge in [-0.05, 0) is 55.3 Å². The van der Waals surface area contributed by atoms with Crippen LogP contribution >= 0.6 is 0 Å². The molecule has 3 aromatic rings. The van der Waals surface area contributed by atoms with Gasteiger partial charge in [0.15, 0.2) is 0 Å². The molecule has 2 N–H and O–H groups in total. The number of nitrogens with zero attached hydrogens (tertiary/aromatic N) is 3. The molecule has 10 heteroatoms. The van der Waals surface area contributed by atoms with E-state index in [9.17, 15) is 29.2 Å². The minimum absolute atomic E-state index is 0.0423. The van der Waals surface area contributed by atoms with E-state index in [1.807, 2.05) is 6.07 Å². The third kappa shape index (κ3) is 5.01. The number of hydrogen-bond donors (Lipinski definition) is 2. The Morgan fingerprint density at radius 1 is 1.30 bits per heavy atom. The molecule has 1 heterocycles. The molecule has 0 spiro atoms. The fourth-order valence-corrected chi connectivity index (χ4v) is 3.84. The lowest BCUT2D eigenvalue weighted by molar-refractivity contribution is -0.385. The molecule has 1 unspecified atom stereocenters. The van der Waals surface area contributed by atoms with Crippen molar-refractivity contribution >= 4 is 28.8 Å². The Labute approximate surface area is 189 Å². The Morgan fingerprint density at radius 2 is 2.03 bits per heavy atom. The van der Waals surface area contributed by atoms with Crippen molar-refractivity contribution in [3.63, 3.8) is 0 Å². The molecule has 0 fully saturated rings. The number of likely N-dealkylation sites (N-methyl/N-ethyl adjacent to an activating group) is 2. The zero-order valence-electron chi connectivity index (χ0n) is 18.5. The second-order valence-electron chi connectivity index (χ2n) is 8.03. The number of fused-ring (bicyclic) bond motifs is 1. The standard InChI is InChI=1S/C23H25FN4O5/c1-14-4-5-15(10-20(14)30)13-27(3)19(23(31)26(2)8-9-29)11-16-12-25-18-7-6-17(24)22(21(16)18)28(32)33/h4-7,9-10,12,19,25,30H,8,11,13H2,1-3H3. The molecule has 0 saturated carbocycles. The van der Waals surface area contributed by atoms with Crippen molar-refractivity contribution in [2.45, 2.75) is 25.9 Å². The summed E-state index contributed by atoms with van der Waals surface area (Å²) in [5, 5.41) is 21.7. The van der Waals surface area contributed by atoms with E-state index in [0.717, 1.165) is 11.6 Å². The van der Waals surface area contributed by atoms with Crippen LogP contribution in [0.25, 0.3) is 10.9 Å². The number of aromatic amines is 1. The van der Waals surface area contributed by atoms with Crippen molar-refractivity contribution in [1.82, 2.24) is 14.8 Å². The van der Waals surface area contributed by atoms with E-state index in [1.165, 1.54) is 24.2 Å². The SMILES string of the molecule is Cc1ccc(CN(C)C(Cc2c[nH]c3ccc(F)c([N+](=O)[O-])c23)C(=O)N(C)CC=O)cc1O. The predicted octanol–water partition coefficient (Wildman–Crippen LogP) is 2.93. The van der Waals surface area contributed by atoms with Gasteiger partial charge in [-0.15, -0.1) is 0 Å². The van der Waals surface area contributed by atoms with E-state index in [1.54, 1.807) is 31.0 Å². The average Bonchev–Trinajstić information content (AvgIpc) is 3.16. The summed E-state index contributed by atoms with van der Waals surface area (Å²) in [6.07, 6.45) is 2.18. The third-order valence-corrected chi connectivity index (χ3v) is 5.69. The van der Waals surface area contributed by atoms with Crippen LogP contribution in [0.3, 0.4) is 0 Å². The number of H-pyrrole nitrogens is 1. The van der Waals surface area contributed by atoms with Crippen molar-refractivity contribution in [1.29, 1.82) is 0 Å². The first-order valence-corrected chi connectivity index (χ1v) is 10.2. The van der Waals surface area contributed by atoms with Gasteiger partial charge < -0.3 is 19.8 Å². The number of halogens is 1. The number of aryl methyl sites for hydroxylation is 1. The van der Waals surface area contributed by atoms with E-state index >= 15 is 0 Å². The van der Waals surface area contributed by atoms with Crippen molar-refractivity contribution in [3.05, 3.63) is 69.2 Å². The first-order chi connectivity index (χ1) is 15.6. The number of aldehydes is 1. The van der Waals surface area contributed by atoms with Crippen LogP contribution in [0, 0.1) is 22.9 Å². The van der Waals surface area contributed by atoms with Gasteiger partial charge in [0.05, 0.1) is 28.4 Å². The minimum Gasteiger partial charge on any atom is -0.508 e. The Balaban J connectivity index is 2.00. The molecule has 33 heavy (non-hydrogen) atoms. The van der Waals surface area contributed by atoms with Gasteiger partial charge in [-0.25, -0.2) is 0 Å². The second-order valence-corrected chi connectivity index (χ2v) is 8.03. The van der Waals surface area contributed by atoms with Gasteiger partial charge in [-0.2, -0.15) is 4.39 Å². The lowest BCUT2D eigenvalue weighted by atomic mass is 10.0. The number of amides is 1. The highest BCUT2D eigenvalue weighted by Gasteiger charge is 2.30. The molecule has 0 aliphatic rings. The molecule has 2 aromatic carbocycles. The molecule has 0 aliphatic carbocycles. The monoisotopic (exact) mass is 456 g/mol. The summed E-state index contributed by atoms with van der Waals surface area (Å²) in [6, 6.07) is 6.83. The lowest BCUT2D eigenvalue weighted by Crippen LogP contribution is -2.47. The number of nitro groups is 1. The fraction of sp³-hybridized carbons (Fsp3) is 0.304. The first kappa shape index (κ1) is 23.9. The van der Waals surface area contributed by atoms with Crippen LogP contribution in [0.15, 0.2) is 36.5 Å². The number of carbonyl (C=O) groups is 2. The highest BCUT2D eigenvalue weighted by atomic mass is 19.1. The van der Waals surface area contributed by atoms with Gasteiger partial charge in [0, 0.05) is 19.8 Å². The number of phenols is 1. The van der Waals surface area contributed by atoms with E-state index in [2.05, 4.69) is 4.98 Å². The van der Waals surface area contributed by atoms with Gasteiger partial charge in [-0.3, -0.25) is 19.8 Å². The van der Waals surface area contributed by atoms with Gasteiger partial charge in [0.25, 0.3) is 0 Å². The van der Waals surface area contributed by atoms with Gasteiger partial charge in [-0.1, -0.05) is 12.1 Å². The quantitative estimate of drug-likeness (QED) is 0.290. The summed E-state index contributed by atoms with van der Waals surface area (Å²) in [6.45, 7) is 1.95. The first-order valence-electron chi connectivity index (χ1n) is 10.2. The van der Waals surface area contributed by atoms with Crippen LogP contribution in [-0.4, -0.2) is 63.7 Å². The van der Waals surface area contributed by atoms with Gasteiger partial charge in [0.1, 0.15) is 12.0 Å². The van der Waals surface area contributed by atoms with Gasteiger partial charge >= 0.3 is 5.69 Å². The summed E-state index contributed by atoms with van der Waals surface area (Å²) < 4.78 is 14.3. The molecule has 3 rings (SSSR count). The number of benzene rings is 2. The van der Waals surface area contributed by atoms with Crippen molar-refractivity contribution in [3.8, 4) is 5.75 Å². The number of hydrogen-bond acceptors (Lipinski definition) is 6. The van der Waals surface area contributed by atoms with Crippen molar-refractivity contribution in [2.75, 3.05) is 20.6 Å². The lowest BCUT2D eigenvalue weighted by Gasteiger charge is -2.30. The molecule has 0 radical (unpaired) electrons. The Bertz CT molecular complexity index is 1210. The van der Waals surface area contributed by atoms with E-state index in [4.69, 9.17) is 0 Å². The smallest absolute Gasteiger partial charge is 0.314 e. The Hall–Kier alpha value is -3.79. The van der Waals surface area contributed by atoms with Crippen LogP contribution in [0.5, 0.6) is 5.75 Å². The van der Waals surface area contributed by atoms with Crippen LogP contribution in [-0.2, 0) is 22.6 Å². The number of aromatic hydroxyl groups is 1.